The van der Waals surface area contributed by atoms with Crippen molar-refractivity contribution in [1.82, 2.24) is 0 Å². The predicted octanol–water partition coefficient (Wildman–Crippen LogP) is 4.79. The average Bonchev–Trinajstić information content (AvgIpc) is 3.18. The molecule has 1 heterocycles. The van der Waals surface area contributed by atoms with Gasteiger partial charge in [0, 0.05) is 22.6 Å². The Morgan fingerprint density at radius 1 is 1.03 bits per heavy atom. The smallest absolute Gasteiger partial charge is 0.341 e. The van der Waals surface area contributed by atoms with E-state index in [2.05, 4.69) is 5.32 Å². The van der Waals surface area contributed by atoms with E-state index in [4.69, 9.17) is 14.2 Å². The van der Waals surface area contributed by atoms with E-state index in [0.29, 0.717) is 27.6 Å². The van der Waals surface area contributed by atoms with Gasteiger partial charge in [-0.3, -0.25) is 4.79 Å². The van der Waals surface area contributed by atoms with E-state index in [1.807, 2.05) is 35.7 Å². The van der Waals surface area contributed by atoms with Gasteiger partial charge in [-0.05, 0) is 18.6 Å². The lowest BCUT2D eigenvalue weighted by molar-refractivity contribution is -0.115. The Kier molecular flexibility index (Phi) is 7.08. The van der Waals surface area contributed by atoms with Crippen molar-refractivity contribution in [2.24, 2.45) is 0 Å². The molecule has 156 valence electrons. The molecule has 0 aliphatic rings. The number of methoxy groups -OCH3 is 2. The van der Waals surface area contributed by atoms with Crippen LogP contribution in [-0.2, 0) is 16.0 Å². The summed E-state index contributed by atoms with van der Waals surface area (Å²) in [5.41, 5.74) is 2.70. The van der Waals surface area contributed by atoms with Crippen LogP contribution in [0.2, 0.25) is 0 Å². The first-order valence-electron chi connectivity index (χ1n) is 9.42. The average molecular weight is 426 g/mol. The number of carbonyl (C=O) groups excluding carboxylic acids is 2. The summed E-state index contributed by atoms with van der Waals surface area (Å²) in [6, 6.07) is 14.8. The molecule has 30 heavy (non-hydrogen) atoms. The van der Waals surface area contributed by atoms with Gasteiger partial charge in [-0.1, -0.05) is 36.4 Å². The number of nitrogens with one attached hydrogen (secondary N) is 1. The van der Waals surface area contributed by atoms with Crippen molar-refractivity contribution in [1.29, 1.82) is 0 Å². The summed E-state index contributed by atoms with van der Waals surface area (Å²) in [6.45, 7) is 2.00. The first-order chi connectivity index (χ1) is 14.6. The van der Waals surface area contributed by atoms with Gasteiger partial charge in [0.05, 0.1) is 27.2 Å². The zero-order valence-electron chi connectivity index (χ0n) is 17.1. The minimum Gasteiger partial charge on any atom is -0.497 e. The Morgan fingerprint density at radius 2 is 1.80 bits per heavy atom. The van der Waals surface area contributed by atoms with Crippen LogP contribution in [-0.4, -0.2) is 32.7 Å². The lowest BCUT2D eigenvalue weighted by Crippen LogP contribution is -2.17. The molecule has 0 spiro atoms. The second kappa shape index (κ2) is 9.93. The fourth-order valence-corrected chi connectivity index (χ4v) is 4.00. The zero-order valence-corrected chi connectivity index (χ0v) is 17.9. The van der Waals surface area contributed by atoms with Crippen molar-refractivity contribution in [3.8, 4) is 22.6 Å². The van der Waals surface area contributed by atoms with Gasteiger partial charge < -0.3 is 19.5 Å². The van der Waals surface area contributed by atoms with Gasteiger partial charge in [-0.15, -0.1) is 11.3 Å². The van der Waals surface area contributed by atoms with Gasteiger partial charge in [-0.25, -0.2) is 4.79 Å². The van der Waals surface area contributed by atoms with Crippen LogP contribution in [0.4, 0.5) is 5.00 Å². The summed E-state index contributed by atoms with van der Waals surface area (Å²) in [5, 5.41) is 5.18. The van der Waals surface area contributed by atoms with Crippen LogP contribution in [0.15, 0.2) is 53.9 Å². The monoisotopic (exact) mass is 425 g/mol. The van der Waals surface area contributed by atoms with Gasteiger partial charge in [-0.2, -0.15) is 0 Å². The summed E-state index contributed by atoms with van der Waals surface area (Å²) in [4.78, 5) is 25.4. The Labute approximate surface area is 179 Å². The topological polar surface area (TPSA) is 73.9 Å². The standard InChI is InChI=1S/C23H23NO5S/c1-4-29-23(26)21-18(15-8-6-5-7-9-15)14-30-22(21)24-20(25)12-16-10-11-17(27-2)13-19(16)28-3/h5-11,13-14H,4,12H2,1-3H3,(H,24,25). The molecule has 0 saturated heterocycles. The van der Waals surface area contributed by atoms with Crippen LogP contribution < -0.4 is 14.8 Å². The van der Waals surface area contributed by atoms with Crippen molar-refractivity contribution < 1.29 is 23.8 Å². The first kappa shape index (κ1) is 21.4. The third-order valence-corrected chi connectivity index (χ3v) is 5.35. The largest absolute Gasteiger partial charge is 0.497 e. The first-order valence-corrected chi connectivity index (χ1v) is 10.3. The molecule has 1 N–H and O–H groups in total. The molecule has 0 atom stereocenters. The number of thiophene rings is 1. The van der Waals surface area contributed by atoms with E-state index < -0.39 is 5.97 Å². The highest BCUT2D eigenvalue weighted by Gasteiger charge is 2.23. The molecule has 1 aromatic heterocycles. The fourth-order valence-electron chi connectivity index (χ4n) is 3.03. The molecule has 2 aromatic carbocycles. The van der Waals surface area contributed by atoms with Crippen LogP contribution in [0.25, 0.3) is 11.1 Å². The van der Waals surface area contributed by atoms with E-state index in [9.17, 15) is 9.59 Å². The normalized spacial score (nSPS) is 10.4. The molecule has 0 unspecified atom stereocenters. The maximum atomic E-state index is 12.7. The number of esters is 1. The fraction of sp³-hybridized carbons (Fsp3) is 0.217. The SMILES string of the molecule is CCOC(=O)c1c(-c2ccccc2)csc1NC(=O)Cc1ccc(OC)cc1OC. The number of carbonyl (C=O) groups is 2. The Bertz CT molecular complexity index is 1030. The lowest BCUT2D eigenvalue weighted by Gasteiger charge is -2.11. The third kappa shape index (κ3) is 4.80. The predicted molar refractivity (Wildman–Crippen MR) is 118 cm³/mol. The van der Waals surface area contributed by atoms with E-state index in [0.717, 1.165) is 11.1 Å². The van der Waals surface area contributed by atoms with Crippen molar-refractivity contribution >= 4 is 28.2 Å². The van der Waals surface area contributed by atoms with Crippen molar-refractivity contribution in [2.45, 2.75) is 13.3 Å². The summed E-state index contributed by atoms with van der Waals surface area (Å²) < 4.78 is 15.8. The second-order valence-corrected chi connectivity index (χ2v) is 7.22. The highest BCUT2D eigenvalue weighted by atomic mass is 32.1. The molecule has 0 radical (unpaired) electrons. The van der Waals surface area contributed by atoms with E-state index in [-0.39, 0.29) is 18.9 Å². The molecular formula is C23H23NO5S. The maximum absolute atomic E-state index is 12.7. The van der Waals surface area contributed by atoms with Crippen molar-refractivity contribution in [3.63, 3.8) is 0 Å². The highest BCUT2D eigenvalue weighted by Crippen LogP contribution is 2.36. The second-order valence-electron chi connectivity index (χ2n) is 6.34. The molecule has 0 bridgehead atoms. The maximum Gasteiger partial charge on any atom is 0.341 e. The Hall–Kier alpha value is -3.32. The molecule has 0 saturated carbocycles. The molecule has 1 amide bonds. The van der Waals surface area contributed by atoms with Crippen LogP contribution >= 0.6 is 11.3 Å². The minimum atomic E-state index is -0.463. The molecule has 7 heteroatoms. The van der Waals surface area contributed by atoms with Crippen molar-refractivity contribution in [3.05, 3.63) is 65.0 Å². The lowest BCUT2D eigenvalue weighted by atomic mass is 10.0. The summed E-state index contributed by atoms with van der Waals surface area (Å²) in [5.74, 6) is 0.484. The summed E-state index contributed by atoms with van der Waals surface area (Å²) in [7, 11) is 3.11. The number of ether oxygens (including phenoxy) is 3. The van der Waals surface area contributed by atoms with Gasteiger partial charge in [0.2, 0.25) is 5.91 Å². The van der Waals surface area contributed by atoms with E-state index in [1.165, 1.54) is 11.3 Å². The van der Waals surface area contributed by atoms with Crippen molar-refractivity contribution in [2.75, 3.05) is 26.1 Å². The molecular weight excluding hydrogens is 402 g/mol. The number of hydrogen-bond acceptors (Lipinski definition) is 6. The Morgan fingerprint density at radius 3 is 2.47 bits per heavy atom. The van der Waals surface area contributed by atoms with Gasteiger partial charge in [0.1, 0.15) is 22.1 Å². The van der Waals surface area contributed by atoms with Crippen LogP contribution in [0.5, 0.6) is 11.5 Å². The molecule has 3 aromatic rings. The zero-order chi connectivity index (χ0) is 21.5. The quantitative estimate of drug-likeness (QED) is 0.525. The number of rotatable bonds is 8. The minimum absolute atomic E-state index is 0.0913. The number of amides is 1. The molecule has 0 fully saturated rings. The molecule has 0 aliphatic heterocycles. The van der Waals surface area contributed by atoms with Crippen LogP contribution in [0.3, 0.4) is 0 Å². The van der Waals surface area contributed by atoms with Crippen LogP contribution in [0.1, 0.15) is 22.8 Å². The van der Waals surface area contributed by atoms with E-state index >= 15 is 0 Å². The van der Waals surface area contributed by atoms with Gasteiger partial charge in [0.25, 0.3) is 0 Å². The summed E-state index contributed by atoms with van der Waals surface area (Å²) in [6.07, 6.45) is 0.0913. The molecule has 6 nitrogen and oxygen atoms in total. The number of benzene rings is 2. The number of hydrogen-bond donors (Lipinski definition) is 1. The molecule has 0 aliphatic carbocycles. The number of anilines is 1. The highest BCUT2D eigenvalue weighted by molar-refractivity contribution is 7.15. The van der Waals surface area contributed by atoms with Gasteiger partial charge in [0.15, 0.2) is 0 Å². The van der Waals surface area contributed by atoms with Gasteiger partial charge >= 0.3 is 5.97 Å². The molecule has 3 rings (SSSR count). The third-order valence-electron chi connectivity index (χ3n) is 4.45. The summed E-state index contributed by atoms with van der Waals surface area (Å²) >= 11 is 1.30. The van der Waals surface area contributed by atoms with Crippen LogP contribution in [0, 0.1) is 0 Å². The Balaban J connectivity index is 1.86. The van der Waals surface area contributed by atoms with E-state index in [1.54, 1.807) is 39.3 Å².